The summed E-state index contributed by atoms with van der Waals surface area (Å²) in [5, 5.41) is 19.0. The molecule has 7 nitrogen and oxygen atoms in total. The number of amides is 1. The number of carbonyl (C=O) groups excluding carboxylic acids is 1. The molecule has 0 bridgehead atoms. The zero-order valence-electron chi connectivity index (χ0n) is 10.9. The summed E-state index contributed by atoms with van der Waals surface area (Å²) in [7, 11) is 0. The maximum Gasteiger partial charge on any atom is 0.255 e. The monoisotopic (exact) mass is 284 g/mol. The zero-order valence-corrected chi connectivity index (χ0v) is 10.9. The number of hydrogen-bond donors (Lipinski definition) is 3. The third-order valence-corrected chi connectivity index (χ3v) is 2.84. The number of para-hydroxylation sites is 1. The second-order valence-corrected chi connectivity index (χ2v) is 4.28. The van der Waals surface area contributed by atoms with Gasteiger partial charge in [-0.1, -0.05) is 12.1 Å². The molecule has 3 aromatic rings. The van der Waals surface area contributed by atoms with E-state index in [1.54, 1.807) is 30.3 Å². The Morgan fingerprint density at radius 3 is 2.90 bits per heavy atom. The Labute approximate surface area is 119 Å². The van der Waals surface area contributed by atoms with Crippen LogP contribution in [0.3, 0.4) is 0 Å². The first-order valence-corrected chi connectivity index (χ1v) is 6.25. The van der Waals surface area contributed by atoms with E-state index in [0.29, 0.717) is 17.4 Å². The summed E-state index contributed by atoms with van der Waals surface area (Å²) in [4.78, 5) is 16.1. The standard InChI is InChI=1S/C14H12N4O3/c19-10-5-2-1-4-9(10)14(20)15-8-12-16-13(18-17-12)11-6-3-7-21-11/h1-7,19H,8H2,(H,15,20)(H,16,17,18). The van der Waals surface area contributed by atoms with Gasteiger partial charge in [0, 0.05) is 0 Å². The number of rotatable bonds is 4. The molecule has 0 saturated heterocycles. The quantitative estimate of drug-likeness (QED) is 0.676. The maximum absolute atomic E-state index is 11.9. The molecule has 0 atom stereocenters. The first-order valence-electron chi connectivity index (χ1n) is 6.25. The van der Waals surface area contributed by atoms with Gasteiger partial charge in [-0.3, -0.25) is 9.89 Å². The first-order chi connectivity index (χ1) is 10.2. The first kappa shape index (κ1) is 12.9. The molecule has 0 radical (unpaired) electrons. The number of phenols is 1. The largest absolute Gasteiger partial charge is 0.507 e. The topological polar surface area (TPSA) is 104 Å². The highest BCUT2D eigenvalue weighted by atomic mass is 16.3. The van der Waals surface area contributed by atoms with Gasteiger partial charge in [-0.15, -0.1) is 5.10 Å². The van der Waals surface area contributed by atoms with Crippen molar-refractivity contribution in [3.05, 3.63) is 54.0 Å². The molecule has 106 valence electrons. The second kappa shape index (κ2) is 5.49. The predicted octanol–water partition coefficient (Wildman–Crippen LogP) is 1.70. The van der Waals surface area contributed by atoms with Crippen LogP contribution in [0.4, 0.5) is 0 Å². The molecular formula is C14H12N4O3. The summed E-state index contributed by atoms with van der Waals surface area (Å²) in [6.07, 6.45) is 1.53. The Bertz CT molecular complexity index is 749. The van der Waals surface area contributed by atoms with Crippen LogP contribution in [0.25, 0.3) is 11.6 Å². The second-order valence-electron chi connectivity index (χ2n) is 4.28. The van der Waals surface area contributed by atoms with Gasteiger partial charge >= 0.3 is 0 Å². The molecule has 3 rings (SSSR count). The smallest absolute Gasteiger partial charge is 0.255 e. The van der Waals surface area contributed by atoms with Crippen molar-refractivity contribution >= 4 is 5.91 Å². The fraction of sp³-hybridized carbons (Fsp3) is 0.0714. The minimum atomic E-state index is -0.385. The van der Waals surface area contributed by atoms with Crippen LogP contribution in [0.1, 0.15) is 16.2 Å². The number of benzene rings is 1. The van der Waals surface area contributed by atoms with Gasteiger partial charge in [0.15, 0.2) is 5.76 Å². The van der Waals surface area contributed by atoms with Crippen LogP contribution in [0, 0.1) is 0 Å². The van der Waals surface area contributed by atoms with Gasteiger partial charge in [-0.05, 0) is 24.3 Å². The number of carbonyl (C=O) groups is 1. The van der Waals surface area contributed by atoms with E-state index in [9.17, 15) is 9.90 Å². The van der Waals surface area contributed by atoms with Crippen molar-refractivity contribution in [2.45, 2.75) is 6.54 Å². The highest BCUT2D eigenvalue weighted by molar-refractivity contribution is 5.96. The molecule has 0 fully saturated rings. The Hall–Kier alpha value is -3.09. The summed E-state index contributed by atoms with van der Waals surface area (Å²) in [5.41, 5.74) is 0.211. The van der Waals surface area contributed by atoms with E-state index in [-0.39, 0.29) is 23.8 Å². The number of H-pyrrole nitrogens is 1. The van der Waals surface area contributed by atoms with Gasteiger partial charge in [0.05, 0.1) is 18.4 Å². The fourth-order valence-corrected chi connectivity index (χ4v) is 1.82. The van der Waals surface area contributed by atoms with Crippen molar-refractivity contribution in [3.8, 4) is 17.3 Å². The number of phenolic OH excluding ortho intramolecular Hbond substituents is 1. The van der Waals surface area contributed by atoms with Crippen LogP contribution in [0.15, 0.2) is 47.1 Å². The highest BCUT2D eigenvalue weighted by Gasteiger charge is 2.12. The minimum absolute atomic E-state index is 0.0659. The number of aromatic hydroxyl groups is 1. The third kappa shape index (κ3) is 2.76. The molecule has 0 spiro atoms. The van der Waals surface area contributed by atoms with Gasteiger partial charge in [0.1, 0.15) is 11.6 Å². The van der Waals surface area contributed by atoms with Crippen molar-refractivity contribution in [1.29, 1.82) is 0 Å². The SMILES string of the molecule is O=C(NCc1nc(-c2ccco2)n[nH]1)c1ccccc1O. The number of hydrogen-bond acceptors (Lipinski definition) is 5. The van der Waals surface area contributed by atoms with Crippen LogP contribution in [0.2, 0.25) is 0 Å². The van der Waals surface area contributed by atoms with Crippen LogP contribution >= 0.6 is 0 Å². The summed E-state index contributed by atoms with van der Waals surface area (Å²) in [6, 6.07) is 9.81. The highest BCUT2D eigenvalue weighted by Crippen LogP contribution is 2.16. The zero-order chi connectivity index (χ0) is 14.7. The minimum Gasteiger partial charge on any atom is -0.507 e. The van der Waals surface area contributed by atoms with E-state index in [4.69, 9.17) is 4.42 Å². The molecule has 1 amide bonds. The van der Waals surface area contributed by atoms with E-state index in [1.165, 1.54) is 12.3 Å². The Morgan fingerprint density at radius 2 is 2.14 bits per heavy atom. The summed E-state index contributed by atoms with van der Waals surface area (Å²) >= 11 is 0. The Kier molecular flexibility index (Phi) is 3.38. The molecule has 0 aliphatic rings. The van der Waals surface area contributed by atoms with Crippen LogP contribution < -0.4 is 5.32 Å². The lowest BCUT2D eigenvalue weighted by Crippen LogP contribution is -2.23. The molecule has 3 N–H and O–H groups in total. The van der Waals surface area contributed by atoms with Crippen molar-refractivity contribution in [2.75, 3.05) is 0 Å². The normalized spacial score (nSPS) is 10.5. The van der Waals surface area contributed by atoms with Gasteiger partial charge in [-0.25, -0.2) is 4.98 Å². The molecule has 0 aliphatic heterocycles. The van der Waals surface area contributed by atoms with E-state index < -0.39 is 0 Å². The van der Waals surface area contributed by atoms with E-state index >= 15 is 0 Å². The number of aromatic nitrogens is 3. The van der Waals surface area contributed by atoms with E-state index in [2.05, 4.69) is 20.5 Å². The number of furan rings is 1. The van der Waals surface area contributed by atoms with Crippen LogP contribution in [-0.4, -0.2) is 26.2 Å². The van der Waals surface area contributed by atoms with Gasteiger partial charge < -0.3 is 14.8 Å². The molecule has 2 aromatic heterocycles. The lowest BCUT2D eigenvalue weighted by molar-refractivity contribution is 0.0947. The molecule has 0 unspecified atom stereocenters. The molecule has 0 aliphatic carbocycles. The Balaban J connectivity index is 1.66. The average molecular weight is 284 g/mol. The number of nitrogens with one attached hydrogen (secondary N) is 2. The maximum atomic E-state index is 11.9. The van der Waals surface area contributed by atoms with Gasteiger partial charge in [0.25, 0.3) is 5.91 Å². The van der Waals surface area contributed by atoms with E-state index in [1.807, 2.05) is 0 Å². The molecular weight excluding hydrogens is 272 g/mol. The lowest BCUT2D eigenvalue weighted by Gasteiger charge is -2.04. The summed E-state index contributed by atoms with van der Waals surface area (Å²) in [6.45, 7) is 0.168. The fourth-order valence-electron chi connectivity index (χ4n) is 1.82. The third-order valence-electron chi connectivity index (χ3n) is 2.84. The number of aromatic amines is 1. The predicted molar refractivity (Wildman–Crippen MR) is 73.4 cm³/mol. The van der Waals surface area contributed by atoms with Crippen molar-refractivity contribution in [2.24, 2.45) is 0 Å². The Morgan fingerprint density at radius 1 is 1.29 bits per heavy atom. The molecule has 2 heterocycles. The average Bonchev–Trinajstić information content (AvgIpc) is 3.16. The molecule has 21 heavy (non-hydrogen) atoms. The molecule has 1 aromatic carbocycles. The lowest BCUT2D eigenvalue weighted by atomic mass is 10.2. The van der Waals surface area contributed by atoms with Crippen LogP contribution in [0.5, 0.6) is 5.75 Å². The van der Waals surface area contributed by atoms with Gasteiger partial charge in [-0.2, -0.15) is 0 Å². The van der Waals surface area contributed by atoms with Crippen molar-refractivity contribution in [1.82, 2.24) is 20.5 Å². The molecule has 0 saturated carbocycles. The van der Waals surface area contributed by atoms with E-state index in [0.717, 1.165) is 0 Å². The molecule has 7 heteroatoms. The van der Waals surface area contributed by atoms with Crippen molar-refractivity contribution < 1.29 is 14.3 Å². The summed E-state index contributed by atoms with van der Waals surface area (Å²) in [5.74, 6) is 1.01. The number of nitrogens with zero attached hydrogens (tertiary/aromatic N) is 2. The summed E-state index contributed by atoms with van der Waals surface area (Å²) < 4.78 is 5.18. The van der Waals surface area contributed by atoms with Gasteiger partial charge in [0.2, 0.25) is 5.82 Å². The van der Waals surface area contributed by atoms with Crippen LogP contribution in [-0.2, 0) is 6.54 Å². The van der Waals surface area contributed by atoms with Crippen molar-refractivity contribution in [3.63, 3.8) is 0 Å².